The van der Waals surface area contributed by atoms with Gasteiger partial charge < -0.3 is 5.11 Å². The van der Waals surface area contributed by atoms with Gasteiger partial charge in [-0.05, 0) is 43.2 Å². The quantitative estimate of drug-likeness (QED) is 0.919. The molecule has 1 unspecified atom stereocenters. The van der Waals surface area contributed by atoms with Crippen LogP contribution in [0.1, 0.15) is 18.4 Å². The molecule has 3 rings (SSSR count). The molecule has 0 radical (unpaired) electrons. The molecule has 0 bridgehead atoms. The Morgan fingerprint density at radius 1 is 1.27 bits per heavy atom. The lowest BCUT2D eigenvalue weighted by Gasteiger charge is -2.19. The highest BCUT2D eigenvalue weighted by atomic mass is 32.2. The minimum absolute atomic E-state index is 0.0590. The van der Waals surface area contributed by atoms with Crippen molar-refractivity contribution in [1.29, 1.82) is 0 Å². The summed E-state index contributed by atoms with van der Waals surface area (Å²) in [6, 6.07) is 4.35. The third-order valence-corrected chi connectivity index (χ3v) is 6.69. The molecule has 1 aliphatic heterocycles. The fourth-order valence-corrected chi connectivity index (χ4v) is 5.31. The van der Waals surface area contributed by atoms with E-state index in [1.807, 2.05) is 0 Å². The van der Waals surface area contributed by atoms with E-state index in [1.54, 1.807) is 0 Å². The maximum atomic E-state index is 14.1. The summed E-state index contributed by atoms with van der Waals surface area (Å²) in [6.07, 6.45) is 1.00. The van der Waals surface area contributed by atoms with Crippen LogP contribution in [0.25, 0.3) is 0 Å². The van der Waals surface area contributed by atoms with Crippen LogP contribution in [0.2, 0.25) is 0 Å². The SMILES string of the molecule is Cc1cccc(S(=O)(=O)N2C[C@H]3CC(C(=O)O)C[C@H]3C2)c1F. The van der Waals surface area contributed by atoms with Crippen LogP contribution >= 0.6 is 0 Å². The molecule has 1 saturated carbocycles. The Balaban J connectivity index is 1.82. The van der Waals surface area contributed by atoms with Crippen molar-refractivity contribution < 1.29 is 22.7 Å². The fourth-order valence-electron chi connectivity index (χ4n) is 3.61. The number of hydrogen-bond donors (Lipinski definition) is 1. The summed E-state index contributed by atoms with van der Waals surface area (Å²) in [4.78, 5) is 10.7. The number of carboxylic acids is 1. The van der Waals surface area contributed by atoms with E-state index in [9.17, 15) is 17.6 Å². The molecule has 7 heteroatoms. The molecule has 22 heavy (non-hydrogen) atoms. The molecule has 2 fully saturated rings. The molecule has 1 aliphatic carbocycles. The van der Waals surface area contributed by atoms with Crippen LogP contribution in [0.5, 0.6) is 0 Å². The third kappa shape index (κ3) is 2.42. The summed E-state index contributed by atoms with van der Waals surface area (Å²) in [5.74, 6) is -1.78. The summed E-state index contributed by atoms with van der Waals surface area (Å²) < 4.78 is 40.7. The molecule has 0 spiro atoms. The molecular formula is C15H18FNO4S. The Morgan fingerprint density at radius 3 is 2.41 bits per heavy atom. The van der Waals surface area contributed by atoms with Crippen molar-refractivity contribution in [3.05, 3.63) is 29.6 Å². The molecule has 0 aromatic heterocycles. The summed E-state index contributed by atoms with van der Waals surface area (Å²) in [7, 11) is -3.86. The second-order valence-corrected chi connectivity index (χ2v) is 8.14. The van der Waals surface area contributed by atoms with Crippen molar-refractivity contribution in [1.82, 2.24) is 4.31 Å². The minimum atomic E-state index is -3.86. The zero-order valence-electron chi connectivity index (χ0n) is 12.2. The molecule has 1 aromatic carbocycles. The Hall–Kier alpha value is -1.47. The summed E-state index contributed by atoms with van der Waals surface area (Å²) in [5, 5.41) is 9.06. The van der Waals surface area contributed by atoms with E-state index in [0.717, 1.165) is 0 Å². The summed E-state index contributed by atoms with van der Waals surface area (Å²) in [6.45, 7) is 2.10. The van der Waals surface area contributed by atoms with Gasteiger partial charge in [-0.15, -0.1) is 0 Å². The molecule has 0 amide bonds. The topological polar surface area (TPSA) is 74.7 Å². The first-order valence-electron chi connectivity index (χ1n) is 7.28. The first-order valence-corrected chi connectivity index (χ1v) is 8.72. The molecular weight excluding hydrogens is 309 g/mol. The average Bonchev–Trinajstić information content (AvgIpc) is 3.00. The van der Waals surface area contributed by atoms with E-state index in [1.165, 1.54) is 29.4 Å². The first kappa shape index (κ1) is 15.4. The van der Waals surface area contributed by atoms with E-state index >= 15 is 0 Å². The van der Waals surface area contributed by atoms with Gasteiger partial charge in [-0.3, -0.25) is 4.79 Å². The lowest BCUT2D eigenvalue weighted by atomic mass is 10.0. The molecule has 1 aromatic rings. The van der Waals surface area contributed by atoms with Crippen LogP contribution in [-0.4, -0.2) is 36.9 Å². The van der Waals surface area contributed by atoms with Gasteiger partial charge >= 0.3 is 5.97 Å². The number of hydrogen-bond acceptors (Lipinski definition) is 3. The maximum Gasteiger partial charge on any atom is 0.306 e. The highest BCUT2D eigenvalue weighted by Crippen LogP contribution is 2.43. The normalized spacial score (nSPS) is 28.7. The molecule has 1 saturated heterocycles. The van der Waals surface area contributed by atoms with Gasteiger partial charge in [0.25, 0.3) is 0 Å². The fraction of sp³-hybridized carbons (Fsp3) is 0.533. The number of carbonyl (C=O) groups is 1. The number of sulfonamides is 1. The van der Waals surface area contributed by atoms with Crippen molar-refractivity contribution >= 4 is 16.0 Å². The Morgan fingerprint density at radius 2 is 1.86 bits per heavy atom. The van der Waals surface area contributed by atoms with Crippen LogP contribution in [-0.2, 0) is 14.8 Å². The van der Waals surface area contributed by atoms with Crippen LogP contribution in [0.4, 0.5) is 4.39 Å². The maximum absolute atomic E-state index is 14.1. The van der Waals surface area contributed by atoms with Gasteiger partial charge in [-0.1, -0.05) is 12.1 Å². The van der Waals surface area contributed by atoms with Crippen LogP contribution in [0, 0.1) is 30.5 Å². The molecule has 120 valence electrons. The Kier molecular flexibility index (Phi) is 3.72. The summed E-state index contributed by atoms with van der Waals surface area (Å²) >= 11 is 0. The van der Waals surface area contributed by atoms with Gasteiger partial charge in [0.15, 0.2) is 0 Å². The number of nitrogens with zero attached hydrogens (tertiary/aromatic N) is 1. The summed E-state index contributed by atoms with van der Waals surface area (Å²) in [5.41, 5.74) is 0.298. The van der Waals surface area contributed by atoms with Crippen molar-refractivity contribution in [3.8, 4) is 0 Å². The van der Waals surface area contributed by atoms with Gasteiger partial charge in [0.2, 0.25) is 10.0 Å². The molecule has 1 heterocycles. The lowest BCUT2D eigenvalue weighted by Crippen LogP contribution is -2.31. The predicted octanol–water partition coefficient (Wildman–Crippen LogP) is 1.87. The van der Waals surface area contributed by atoms with E-state index < -0.39 is 21.8 Å². The van der Waals surface area contributed by atoms with E-state index in [-0.39, 0.29) is 35.7 Å². The van der Waals surface area contributed by atoms with Gasteiger partial charge in [-0.2, -0.15) is 4.31 Å². The largest absolute Gasteiger partial charge is 0.481 e. The Labute approximate surface area is 128 Å². The zero-order valence-corrected chi connectivity index (χ0v) is 13.0. The monoisotopic (exact) mass is 327 g/mol. The Bertz CT molecular complexity index is 704. The van der Waals surface area contributed by atoms with Crippen molar-refractivity contribution in [2.75, 3.05) is 13.1 Å². The van der Waals surface area contributed by atoms with Gasteiger partial charge in [0.05, 0.1) is 5.92 Å². The van der Waals surface area contributed by atoms with Crippen molar-refractivity contribution in [2.24, 2.45) is 17.8 Å². The predicted molar refractivity (Wildman–Crippen MR) is 77.2 cm³/mol. The number of halogens is 1. The first-order chi connectivity index (χ1) is 10.3. The number of aryl methyl sites for hydroxylation is 1. The van der Waals surface area contributed by atoms with Crippen LogP contribution < -0.4 is 0 Å². The minimum Gasteiger partial charge on any atom is -0.481 e. The number of fused-ring (bicyclic) bond motifs is 1. The highest BCUT2D eigenvalue weighted by molar-refractivity contribution is 7.89. The lowest BCUT2D eigenvalue weighted by molar-refractivity contribution is -0.141. The second-order valence-electron chi connectivity index (χ2n) is 6.24. The zero-order chi connectivity index (χ0) is 16.1. The number of aliphatic carboxylic acids is 1. The smallest absolute Gasteiger partial charge is 0.306 e. The van der Waals surface area contributed by atoms with Crippen LogP contribution in [0.15, 0.2) is 23.1 Å². The van der Waals surface area contributed by atoms with Crippen molar-refractivity contribution in [2.45, 2.75) is 24.7 Å². The molecule has 2 aliphatic rings. The molecule has 5 nitrogen and oxygen atoms in total. The molecule has 1 N–H and O–H groups in total. The van der Waals surface area contributed by atoms with Crippen LogP contribution in [0.3, 0.4) is 0 Å². The van der Waals surface area contributed by atoms with E-state index in [4.69, 9.17) is 5.11 Å². The number of carboxylic acid groups (broad SMARTS) is 1. The number of benzene rings is 1. The average molecular weight is 327 g/mol. The van der Waals surface area contributed by atoms with E-state index in [0.29, 0.717) is 18.4 Å². The third-order valence-electron chi connectivity index (χ3n) is 4.84. The van der Waals surface area contributed by atoms with E-state index in [2.05, 4.69) is 0 Å². The van der Waals surface area contributed by atoms with Gasteiger partial charge in [0, 0.05) is 13.1 Å². The standard InChI is InChI=1S/C15H18FNO4S/c1-9-3-2-4-13(14(9)16)22(20,21)17-7-11-5-10(15(18)19)6-12(11)8-17/h2-4,10-12H,5-8H2,1H3,(H,18,19)/t10?,11-,12+. The highest BCUT2D eigenvalue weighted by Gasteiger charge is 2.47. The molecule has 3 atom stereocenters. The van der Waals surface area contributed by atoms with Gasteiger partial charge in [0.1, 0.15) is 10.7 Å². The van der Waals surface area contributed by atoms with Gasteiger partial charge in [-0.25, -0.2) is 12.8 Å². The van der Waals surface area contributed by atoms with Crippen molar-refractivity contribution in [3.63, 3.8) is 0 Å². The number of rotatable bonds is 3. The second kappa shape index (κ2) is 5.31.